The van der Waals surface area contributed by atoms with Crippen molar-refractivity contribution in [2.75, 3.05) is 7.11 Å². The highest BCUT2D eigenvalue weighted by atomic mass is 35.5. The van der Waals surface area contributed by atoms with E-state index in [2.05, 4.69) is 10.3 Å². The zero-order valence-corrected chi connectivity index (χ0v) is 9.90. The van der Waals surface area contributed by atoms with Crippen LogP contribution in [0.25, 0.3) is 0 Å². The third kappa shape index (κ3) is 2.33. The number of benzene rings is 1. The molecule has 5 heteroatoms. The van der Waals surface area contributed by atoms with Crippen molar-refractivity contribution in [1.29, 1.82) is 0 Å². The molecule has 0 amide bonds. The van der Waals surface area contributed by atoms with Crippen molar-refractivity contribution in [2.24, 2.45) is 0 Å². The van der Waals surface area contributed by atoms with E-state index in [4.69, 9.17) is 16.3 Å². The molecule has 0 atom stereocenters. The van der Waals surface area contributed by atoms with E-state index in [0.717, 1.165) is 17.0 Å². The lowest BCUT2D eigenvalue weighted by molar-refractivity contribution is 0.407. The third-order valence-electron chi connectivity index (χ3n) is 2.23. The van der Waals surface area contributed by atoms with E-state index in [9.17, 15) is 0 Å². The van der Waals surface area contributed by atoms with E-state index in [1.165, 1.54) is 0 Å². The number of hydrogen-bond acceptors (Lipinski definition) is 3. The standard InChI is InChI=1S/C11H12ClN3O/c1-8-6-15(14-13-8)7-9-5-10(12)3-4-11(9)16-2/h3-6H,7H2,1-2H3. The summed E-state index contributed by atoms with van der Waals surface area (Å²) in [6.07, 6.45) is 1.88. The maximum Gasteiger partial charge on any atom is 0.124 e. The van der Waals surface area contributed by atoms with Crippen LogP contribution in [0, 0.1) is 6.92 Å². The molecule has 0 spiro atoms. The Bertz CT molecular complexity index is 496. The van der Waals surface area contributed by atoms with Crippen LogP contribution in [0.5, 0.6) is 5.75 Å². The highest BCUT2D eigenvalue weighted by molar-refractivity contribution is 6.30. The molecule has 0 saturated carbocycles. The molecule has 0 aliphatic heterocycles. The zero-order chi connectivity index (χ0) is 11.5. The molecule has 1 aromatic carbocycles. The molecule has 0 saturated heterocycles. The highest BCUT2D eigenvalue weighted by Gasteiger charge is 2.05. The van der Waals surface area contributed by atoms with Crippen molar-refractivity contribution in [3.8, 4) is 5.75 Å². The van der Waals surface area contributed by atoms with Crippen LogP contribution in [0.2, 0.25) is 5.02 Å². The van der Waals surface area contributed by atoms with E-state index in [-0.39, 0.29) is 0 Å². The molecule has 0 aliphatic rings. The van der Waals surface area contributed by atoms with Crippen molar-refractivity contribution in [3.63, 3.8) is 0 Å². The molecule has 0 radical (unpaired) electrons. The van der Waals surface area contributed by atoms with Gasteiger partial charge in [0.15, 0.2) is 0 Å². The number of aromatic nitrogens is 3. The van der Waals surface area contributed by atoms with Crippen LogP contribution < -0.4 is 4.74 Å². The molecule has 0 N–H and O–H groups in total. The van der Waals surface area contributed by atoms with Gasteiger partial charge in [0.2, 0.25) is 0 Å². The van der Waals surface area contributed by atoms with Gasteiger partial charge in [0.25, 0.3) is 0 Å². The number of rotatable bonds is 3. The molecule has 0 unspecified atom stereocenters. The monoisotopic (exact) mass is 237 g/mol. The van der Waals surface area contributed by atoms with Crippen LogP contribution in [0.15, 0.2) is 24.4 Å². The van der Waals surface area contributed by atoms with Gasteiger partial charge in [-0.3, -0.25) is 0 Å². The third-order valence-corrected chi connectivity index (χ3v) is 2.46. The largest absolute Gasteiger partial charge is 0.496 e. The van der Waals surface area contributed by atoms with Crippen LogP contribution in [0.4, 0.5) is 0 Å². The van der Waals surface area contributed by atoms with Crippen LogP contribution in [0.1, 0.15) is 11.3 Å². The first-order valence-electron chi connectivity index (χ1n) is 4.88. The number of hydrogen-bond donors (Lipinski definition) is 0. The lowest BCUT2D eigenvalue weighted by Crippen LogP contribution is -2.02. The summed E-state index contributed by atoms with van der Waals surface area (Å²) < 4.78 is 7.01. The van der Waals surface area contributed by atoms with Gasteiger partial charge in [0, 0.05) is 16.8 Å². The fourth-order valence-corrected chi connectivity index (χ4v) is 1.71. The molecule has 1 heterocycles. The summed E-state index contributed by atoms with van der Waals surface area (Å²) in [6, 6.07) is 5.52. The minimum atomic E-state index is 0.602. The average Bonchev–Trinajstić information content (AvgIpc) is 2.64. The van der Waals surface area contributed by atoms with Crippen LogP contribution in [-0.4, -0.2) is 22.1 Å². The summed E-state index contributed by atoms with van der Waals surface area (Å²) in [5, 5.41) is 8.60. The van der Waals surface area contributed by atoms with E-state index in [1.807, 2.05) is 25.3 Å². The van der Waals surface area contributed by atoms with E-state index in [0.29, 0.717) is 11.6 Å². The smallest absolute Gasteiger partial charge is 0.124 e. The molecule has 2 rings (SSSR count). The zero-order valence-electron chi connectivity index (χ0n) is 9.14. The van der Waals surface area contributed by atoms with Crippen molar-refractivity contribution in [2.45, 2.75) is 13.5 Å². The fourth-order valence-electron chi connectivity index (χ4n) is 1.52. The molecule has 2 aromatic rings. The van der Waals surface area contributed by atoms with Crippen LogP contribution >= 0.6 is 11.6 Å². The first kappa shape index (κ1) is 11.0. The first-order chi connectivity index (χ1) is 7.69. The summed E-state index contributed by atoms with van der Waals surface area (Å²) in [4.78, 5) is 0. The highest BCUT2D eigenvalue weighted by Crippen LogP contribution is 2.23. The molecule has 16 heavy (non-hydrogen) atoms. The first-order valence-corrected chi connectivity index (χ1v) is 5.26. The normalized spacial score (nSPS) is 10.4. The molecule has 1 aromatic heterocycles. The molecule has 84 valence electrons. The minimum absolute atomic E-state index is 0.602. The summed E-state index contributed by atoms with van der Waals surface area (Å²) in [6.45, 7) is 2.50. The number of aryl methyl sites for hydroxylation is 1. The average molecular weight is 238 g/mol. The Labute approximate surface area is 98.8 Å². The number of nitrogens with zero attached hydrogens (tertiary/aromatic N) is 3. The quantitative estimate of drug-likeness (QED) is 0.823. The Morgan fingerprint density at radius 3 is 2.88 bits per heavy atom. The van der Waals surface area contributed by atoms with Crippen LogP contribution in [0.3, 0.4) is 0 Å². The topological polar surface area (TPSA) is 39.9 Å². The van der Waals surface area contributed by atoms with Crippen molar-refractivity contribution in [3.05, 3.63) is 40.7 Å². The predicted octanol–water partition coefficient (Wildman–Crippen LogP) is 2.30. The van der Waals surface area contributed by atoms with Crippen molar-refractivity contribution >= 4 is 11.6 Å². The summed E-state index contributed by atoms with van der Waals surface area (Å²) in [5.41, 5.74) is 1.88. The molecular formula is C11H12ClN3O. The number of ether oxygens (including phenoxy) is 1. The second kappa shape index (κ2) is 4.53. The van der Waals surface area contributed by atoms with Gasteiger partial charge in [-0.2, -0.15) is 0 Å². The Morgan fingerprint density at radius 2 is 2.25 bits per heavy atom. The van der Waals surface area contributed by atoms with Crippen molar-refractivity contribution < 1.29 is 4.74 Å². The summed E-state index contributed by atoms with van der Waals surface area (Å²) >= 11 is 5.94. The summed E-state index contributed by atoms with van der Waals surface area (Å²) in [5.74, 6) is 0.803. The van der Waals surface area contributed by atoms with Gasteiger partial charge in [-0.15, -0.1) is 5.10 Å². The molecule has 4 nitrogen and oxygen atoms in total. The summed E-state index contributed by atoms with van der Waals surface area (Å²) in [7, 11) is 1.64. The van der Waals surface area contributed by atoms with Gasteiger partial charge in [-0.25, -0.2) is 4.68 Å². The Morgan fingerprint density at radius 1 is 1.44 bits per heavy atom. The Kier molecular flexibility index (Phi) is 3.10. The van der Waals surface area contributed by atoms with E-state index >= 15 is 0 Å². The molecular weight excluding hydrogens is 226 g/mol. The van der Waals surface area contributed by atoms with Crippen LogP contribution in [-0.2, 0) is 6.54 Å². The maximum absolute atomic E-state index is 5.94. The van der Waals surface area contributed by atoms with E-state index in [1.54, 1.807) is 17.9 Å². The Hall–Kier alpha value is -1.55. The molecule has 0 aliphatic carbocycles. The van der Waals surface area contributed by atoms with Gasteiger partial charge in [-0.1, -0.05) is 16.8 Å². The predicted molar refractivity (Wildman–Crippen MR) is 61.9 cm³/mol. The lowest BCUT2D eigenvalue weighted by Gasteiger charge is -2.08. The van der Waals surface area contributed by atoms with Gasteiger partial charge in [0.1, 0.15) is 5.75 Å². The number of methoxy groups -OCH3 is 1. The number of halogens is 1. The Balaban J connectivity index is 2.29. The van der Waals surface area contributed by atoms with Crippen molar-refractivity contribution in [1.82, 2.24) is 15.0 Å². The van der Waals surface area contributed by atoms with Gasteiger partial charge >= 0.3 is 0 Å². The molecule has 0 fully saturated rings. The fraction of sp³-hybridized carbons (Fsp3) is 0.273. The second-order valence-corrected chi connectivity index (χ2v) is 3.95. The minimum Gasteiger partial charge on any atom is -0.496 e. The second-order valence-electron chi connectivity index (χ2n) is 3.51. The van der Waals surface area contributed by atoms with E-state index < -0.39 is 0 Å². The van der Waals surface area contributed by atoms with Gasteiger partial charge in [-0.05, 0) is 25.1 Å². The lowest BCUT2D eigenvalue weighted by atomic mass is 10.2. The van der Waals surface area contributed by atoms with Gasteiger partial charge in [0.05, 0.1) is 19.3 Å². The SMILES string of the molecule is COc1ccc(Cl)cc1Cn1cc(C)nn1. The maximum atomic E-state index is 5.94. The molecule has 0 bridgehead atoms. The van der Waals surface area contributed by atoms with Gasteiger partial charge < -0.3 is 4.74 Å².